The summed E-state index contributed by atoms with van der Waals surface area (Å²) in [6, 6.07) is 12.5. The Morgan fingerprint density at radius 1 is 0.952 bits per heavy atom. The fourth-order valence-electron chi connectivity index (χ4n) is 2.37. The maximum atomic E-state index is 5.31. The molecule has 3 aromatic rings. The standard InChI is InChI=1S/C18H18N2O/c1-12(2)17-9-8-16(13(3)20-17)14-4-6-15(7-5-14)18-19-10-11-21-18/h4-12H,1-3H3. The van der Waals surface area contributed by atoms with Crippen LogP contribution in [-0.2, 0) is 0 Å². The van der Waals surface area contributed by atoms with E-state index < -0.39 is 0 Å². The smallest absolute Gasteiger partial charge is 0.225 e. The molecule has 0 saturated carbocycles. The van der Waals surface area contributed by atoms with Gasteiger partial charge in [-0.25, -0.2) is 4.98 Å². The molecule has 3 rings (SSSR count). The number of rotatable bonds is 3. The summed E-state index contributed by atoms with van der Waals surface area (Å²) < 4.78 is 5.31. The van der Waals surface area contributed by atoms with Crippen molar-refractivity contribution in [1.82, 2.24) is 9.97 Å². The summed E-state index contributed by atoms with van der Waals surface area (Å²) in [6.45, 7) is 6.38. The van der Waals surface area contributed by atoms with Crippen LogP contribution < -0.4 is 0 Å². The number of hydrogen-bond donors (Lipinski definition) is 0. The van der Waals surface area contributed by atoms with E-state index in [9.17, 15) is 0 Å². The van der Waals surface area contributed by atoms with E-state index in [4.69, 9.17) is 9.40 Å². The molecule has 21 heavy (non-hydrogen) atoms. The number of aromatic nitrogens is 2. The monoisotopic (exact) mass is 278 g/mol. The molecule has 3 heteroatoms. The lowest BCUT2D eigenvalue weighted by molar-refractivity contribution is 0.574. The van der Waals surface area contributed by atoms with Gasteiger partial charge in [-0.1, -0.05) is 32.0 Å². The van der Waals surface area contributed by atoms with E-state index in [1.54, 1.807) is 12.5 Å². The van der Waals surface area contributed by atoms with Gasteiger partial charge in [0.05, 0.1) is 6.20 Å². The maximum absolute atomic E-state index is 5.31. The van der Waals surface area contributed by atoms with Gasteiger partial charge >= 0.3 is 0 Å². The Kier molecular flexibility index (Phi) is 3.57. The molecule has 0 spiro atoms. The highest BCUT2D eigenvalue weighted by atomic mass is 16.3. The van der Waals surface area contributed by atoms with Crippen molar-refractivity contribution in [2.45, 2.75) is 26.7 Å². The molecule has 0 unspecified atom stereocenters. The number of oxazole rings is 1. The lowest BCUT2D eigenvalue weighted by atomic mass is 10.0. The molecule has 0 fully saturated rings. The molecule has 0 atom stereocenters. The minimum absolute atomic E-state index is 0.449. The van der Waals surface area contributed by atoms with Crippen molar-refractivity contribution in [3.8, 4) is 22.6 Å². The lowest BCUT2D eigenvalue weighted by Crippen LogP contribution is -1.96. The summed E-state index contributed by atoms with van der Waals surface area (Å²) in [6.07, 6.45) is 3.24. The fourth-order valence-corrected chi connectivity index (χ4v) is 2.37. The Morgan fingerprint density at radius 3 is 2.24 bits per heavy atom. The zero-order valence-corrected chi connectivity index (χ0v) is 12.5. The molecular formula is C18H18N2O. The van der Waals surface area contributed by atoms with Crippen LogP contribution in [0.1, 0.15) is 31.2 Å². The van der Waals surface area contributed by atoms with E-state index in [1.807, 2.05) is 12.1 Å². The van der Waals surface area contributed by atoms with E-state index >= 15 is 0 Å². The topological polar surface area (TPSA) is 38.9 Å². The molecule has 3 nitrogen and oxygen atoms in total. The third kappa shape index (κ3) is 2.72. The second-order valence-electron chi connectivity index (χ2n) is 5.44. The van der Waals surface area contributed by atoms with Crippen molar-refractivity contribution in [3.05, 3.63) is 60.2 Å². The van der Waals surface area contributed by atoms with Crippen LogP contribution in [0, 0.1) is 6.92 Å². The third-order valence-electron chi connectivity index (χ3n) is 3.57. The van der Waals surface area contributed by atoms with Gasteiger partial charge in [-0.15, -0.1) is 0 Å². The molecule has 0 aliphatic rings. The Labute approximate surface area is 124 Å². The van der Waals surface area contributed by atoms with Gasteiger partial charge in [0.25, 0.3) is 0 Å². The van der Waals surface area contributed by atoms with Gasteiger partial charge in [0.2, 0.25) is 5.89 Å². The second kappa shape index (κ2) is 5.52. The van der Waals surface area contributed by atoms with Gasteiger partial charge in [-0.2, -0.15) is 0 Å². The van der Waals surface area contributed by atoms with Crippen LogP contribution in [0.5, 0.6) is 0 Å². The first-order valence-electron chi connectivity index (χ1n) is 7.13. The first-order chi connectivity index (χ1) is 10.1. The van der Waals surface area contributed by atoms with Crippen molar-refractivity contribution >= 4 is 0 Å². The average molecular weight is 278 g/mol. The zero-order chi connectivity index (χ0) is 14.8. The molecule has 106 valence electrons. The second-order valence-corrected chi connectivity index (χ2v) is 5.44. The predicted molar refractivity (Wildman–Crippen MR) is 84.0 cm³/mol. The van der Waals surface area contributed by atoms with Gasteiger partial charge in [-0.05, 0) is 36.6 Å². The van der Waals surface area contributed by atoms with Gasteiger partial charge < -0.3 is 4.42 Å². The number of aryl methyl sites for hydroxylation is 1. The van der Waals surface area contributed by atoms with Crippen LogP contribution in [0.15, 0.2) is 53.3 Å². The van der Waals surface area contributed by atoms with Gasteiger partial charge in [0.1, 0.15) is 6.26 Å². The van der Waals surface area contributed by atoms with E-state index in [0.717, 1.165) is 22.5 Å². The van der Waals surface area contributed by atoms with Crippen LogP contribution in [-0.4, -0.2) is 9.97 Å². The summed E-state index contributed by atoms with van der Waals surface area (Å²) in [4.78, 5) is 8.85. The Morgan fingerprint density at radius 2 is 1.67 bits per heavy atom. The largest absolute Gasteiger partial charge is 0.445 e. The van der Waals surface area contributed by atoms with Crippen LogP contribution in [0.25, 0.3) is 22.6 Å². The first-order valence-corrected chi connectivity index (χ1v) is 7.13. The lowest BCUT2D eigenvalue weighted by Gasteiger charge is -2.10. The van der Waals surface area contributed by atoms with Crippen LogP contribution >= 0.6 is 0 Å². The highest BCUT2D eigenvalue weighted by Crippen LogP contribution is 2.27. The summed E-state index contributed by atoms with van der Waals surface area (Å²) >= 11 is 0. The summed E-state index contributed by atoms with van der Waals surface area (Å²) in [5.41, 5.74) is 5.50. The quantitative estimate of drug-likeness (QED) is 0.688. The first kappa shape index (κ1) is 13.6. The molecule has 1 aromatic carbocycles. The minimum Gasteiger partial charge on any atom is -0.445 e. The molecule has 0 aliphatic heterocycles. The molecule has 2 heterocycles. The van der Waals surface area contributed by atoms with Crippen molar-refractivity contribution < 1.29 is 4.42 Å². The van der Waals surface area contributed by atoms with Gasteiger partial charge in [0.15, 0.2) is 0 Å². The van der Waals surface area contributed by atoms with Crippen molar-refractivity contribution in [3.63, 3.8) is 0 Å². The Hall–Kier alpha value is -2.42. The van der Waals surface area contributed by atoms with Crippen LogP contribution in [0.3, 0.4) is 0 Å². The van der Waals surface area contributed by atoms with E-state index in [0.29, 0.717) is 11.8 Å². The molecule has 0 saturated heterocycles. The SMILES string of the molecule is Cc1nc(C(C)C)ccc1-c1ccc(-c2ncco2)cc1. The average Bonchev–Trinajstić information content (AvgIpc) is 3.01. The summed E-state index contributed by atoms with van der Waals surface area (Å²) in [7, 11) is 0. The summed E-state index contributed by atoms with van der Waals surface area (Å²) in [5.74, 6) is 1.09. The molecule has 0 radical (unpaired) electrons. The molecule has 2 aromatic heterocycles. The fraction of sp³-hybridized carbons (Fsp3) is 0.222. The van der Waals surface area contributed by atoms with E-state index in [1.165, 1.54) is 5.56 Å². The maximum Gasteiger partial charge on any atom is 0.225 e. The normalized spacial score (nSPS) is 11.0. The van der Waals surface area contributed by atoms with Crippen LogP contribution in [0.4, 0.5) is 0 Å². The third-order valence-corrected chi connectivity index (χ3v) is 3.57. The van der Waals surface area contributed by atoms with E-state index in [-0.39, 0.29) is 0 Å². The zero-order valence-electron chi connectivity index (χ0n) is 12.5. The molecule has 0 N–H and O–H groups in total. The van der Waals surface area contributed by atoms with Crippen molar-refractivity contribution in [2.75, 3.05) is 0 Å². The summed E-state index contributed by atoms with van der Waals surface area (Å²) in [5, 5.41) is 0. The minimum atomic E-state index is 0.449. The highest BCUT2D eigenvalue weighted by Gasteiger charge is 2.08. The Balaban J connectivity index is 1.94. The predicted octanol–water partition coefficient (Wildman–Crippen LogP) is 4.84. The van der Waals surface area contributed by atoms with Gasteiger partial charge in [0, 0.05) is 22.5 Å². The van der Waals surface area contributed by atoms with Crippen molar-refractivity contribution in [1.29, 1.82) is 0 Å². The van der Waals surface area contributed by atoms with E-state index in [2.05, 4.69) is 50.0 Å². The molecule has 0 bridgehead atoms. The number of pyridine rings is 1. The molecular weight excluding hydrogens is 260 g/mol. The molecule has 0 amide bonds. The number of hydrogen-bond acceptors (Lipinski definition) is 3. The van der Waals surface area contributed by atoms with Gasteiger partial charge in [-0.3, -0.25) is 4.98 Å². The number of nitrogens with zero attached hydrogens (tertiary/aromatic N) is 2. The highest BCUT2D eigenvalue weighted by molar-refractivity contribution is 5.69. The molecule has 0 aliphatic carbocycles. The number of benzene rings is 1. The Bertz CT molecular complexity index is 728. The van der Waals surface area contributed by atoms with Crippen molar-refractivity contribution in [2.24, 2.45) is 0 Å². The van der Waals surface area contributed by atoms with Crippen LogP contribution in [0.2, 0.25) is 0 Å².